The van der Waals surface area contributed by atoms with Crippen LogP contribution in [-0.4, -0.2) is 27.8 Å². The third kappa shape index (κ3) is 3.06. The largest absolute Gasteiger partial charge is 0.507 e. The van der Waals surface area contributed by atoms with Gasteiger partial charge in [-0.3, -0.25) is 9.48 Å². The van der Waals surface area contributed by atoms with Gasteiger partial charge in [0.2, 0.25) is 0 Å². The molecule has 0 spiro atoms. The molecule has 0 aliphatic rings. The van der Waals surface area contributed by atoms with Crippen LogP contribution in [0.1, 0.15) is 11.3 Å². The normalized spacial score (nSPS) is 11.2. The zero-order valence-electron chi connectivity index (χ0n) is 14.3. The minimum Gasteiger partial charge on any atom is -0.507 e. The predicted molar refractivity (Wildman–Crippen MR) is 97.7 cm³/mol. The molecule has 0 fully saturated rings. The van der Waals surface area contributed by atoms with E-state index >= 15 is 0 Å². The van der Waals surface area contributed by atoms with E-state index in [0.29, 0.717) is 17.0 Å². The van der Waals surface area contributed by atoms with Gasteiger partial charge in [-0.05, 0) is 31.2 Å². The smallest absolute Gasteiger partial charge is 0.297 e. The van der Waals surface area contributed by atoms with E-state index in [1.54, 1.807) is 21.5 Å². The van der Waals surface area contributed by atoms with E-state index in [4.69, 9.17) is 4.74 Å². The number of aromatic nitrogens is 2. The summed E-state index contributed by atoms with van der Waals surface area (Å²) in [5.41, 5.74) is 2.14. The van der Waals surface area contributed by atoms with E-state index in [1.165, 1.54) is 19.4 Å². The minimum atomic E-state index is -0.213. The van der Waals surface area contributed by atoms with Gasteiger partial charge in [-0.1, -0.05) is 18.2 Å². The number of benzene rings is 2. The number of aromatic hydroxyl groups is 1. The summed E-state index contributed by atoms with van der Waals surface area (Å²) in [6, 6.07) is 14.3. The molecule has 0 aliphatic carbocycles. The van der Waals surface area contributed by atoms with Crippen LogP contribution in [0.15, 0.2) is 58.3 Å². The molecule has 0 amide bonds. The number of para-hydroxylation sites is 1. The van der Waals surface area contributed by atoms with E-state index in [0.717, 1.165) is 11.4 Å². The zero-order valence-corrected chi connectivity index (χ0v) is 14.3. The lowest BCUT2D eigenvalue weighted by Crippen LogP contribution is -2.19. The Morgan fingerprint density at radius 1 is 1.16 bits per heavy atom. The molecule has 2 aromatic carbocycles. The molecule has 1 heterocycles. The van der Waals surface area contributed by atoms with Crippen molar-refractivity contribution in [3.05, 3.63) is 70.1 Å². The molecule has 1 aromatic heterocycles. The first kappa shape index (κ1) is 16.6. The van der Waals surface area contributed by atoms with Gasteiger partial charge in [-0.15, -0.1) is 0 Å². The molecular formula is C19H19N3O3. The first-order chi connectivity index (χ1) is 12.0. The van der Waals surface area contributed by atoms with Gasteiger partial charge >= 0.3 is 0 Å². The van der Waals surface area contributed by atoms with Crippen molar-refractivity contribution < 1.29 is 9.84 Å². The number of phenols is 1. The van der Waals surface area contributed by atoms with Crippen LogP contribution in [0.5, 0.6) is 11.5 Å². The molecule has 25 heavy (non-hydrogen) atoms. The first-order valence-electron chi connectivity index (χ1n) is 7.78. The Balaban J connectivity index is 2.03. The minimum absolute atomic E-state index is 0.0417. The maximum Gasteiger partial charge on any atom is 0.297 e. The van der Waals surface area contributed by atoms with E-state index < -0.39 is 0 Å². The van der Waals surface area contributed by atoms with Crippen LogP contribution in [0.2, 0.25) is 0 Å². The summed E-state index contributed by atoms with van der Waals surface area (Å²) in [4.78, 5) is 17.1. The lowest BCUT2D eigenvalue weighted by molar-refractivity contribution is 0.407. The highest BCUT2D eigenvalue weighted by atomic mass is 16.5. The summed E-state index contributed by atoms with van der Waals surface area (Å²) in [7, 11) is 3.34. The van der Waals surface area contributed by atoms with Gasteiger partial charge in [-0.2, -0.15) is 0 Å². The van der Waals surface area contributed by atoms with E-state index in [-0.39, 0.29) is 11.3 Å². The van der Waals surface area contributed by atoms with Crippen molar-refractivity contribution in [2.75, 3.05) is 7.11 Å². The number of ether oxygens (including phenoxy) is 1. The Morgan fingerprint density at radius 3 is 2.52 bits per heavy atom. The number of aliphatic imine (C=N–C) groups is 1. The summed E-state index contributed by atoms with van der Waals surface area (Å²) in [6.07, 6.45) is 1.48. The monoisotopic (exact) mass is 337 g/mol. The average Bonchev–Trinajstić information content (AvgIpc) is 2.84. The highest BCUT2D eigenvalue weighted by Crippen LogP contribution is 2.23. The molecule has 3 aromatic rings. The summed E-state index contributed by atoms with van der Waals surface area (Å²) < 4.78 is 8.39. The van der Waals surface area contributed by atoms with E-state index in [1.807, 2.05) is 44.3 Å². The quantitative estimate of drug-likeness (QED) is 0.744. The number of nitrogens with zero attached hydrogens (tertiary/aromatic N) is 3. The molecule has 0 unspecified atom stereocenters. The van der Waals surface area contributed by atoms with Crippen molar-refractivity contribution in [2.45, 2.75) is 6.92 Å². The Labute approximate surface area is 145 Å². The van der Waals surface area contributed by atoms with Gasteiger partial charge in [0.1, 0.15) is 11.5 Å². The molecule has 0 bridgehead atoms. The number of phenolic OH excluding ortho intramolecular Hbond substituents is 1. The lowest BCUT2D eigenvalue weighted by Gasteiger charge is -2.07. The van der Waals surface area contributed by atoms with Gasteiger partial charge in [-0.25, -0.2) is 9.67 Å². The molecule has 0 saturated carbocycles. The second-order valence-corrected chi connectivity index (χ2v) is 5.59. The van der Waals surface area contributed by atoms with Crippen LogP contribution in [0, 0.1) is 6.92 Å². The number of methoxy groups -OCH3 is 1. The standard InChI is InChI=1S/C19H19N3O3/c1-13-18(20-12-14-9-10-16(25-3)11-17(14)23)19(24)22(21(13)2)15-7-5-4-6-8-15/h4-12,23H,1-3H3. The molecule has 6 heteroatoms. The molecule has 3 rings (SSSR count). The number of rotatable bonds is 4. The summed E-state index contributed by atoms with van der Waals surface area (Å²) >= 11 is 0. The van der Waals surface area contributed by atoms with Crippen molar-refractivity contribution >= 4 is 11.9 Å². The Hall–Kier alpha value is -3.28. The Kier molecular flexibility index (Phi) is 4.43. The van der Waals surface area contributed by atoms with E-state index in [9.17, 15) is 9.90 Å². The summed E-state index contributed by atoms with van der Waals surface area (Å²) in [5, 5.41) is 10.0. The third-order valence-electron chi connectivity index (χ3n) is 4.09. The Bertz CT molecular complexity index is 985. The molecule has 0 radical (unpaired) electrons. The lowest BCUT2D eigenvalue weighted by atomic mass is 10.2. The van der Waals surface area contributed by atoms with Gasteiger partial charge in [0.15, 0.2) is 5.69 Å². The zero-order chi connectivity index (χ0) is 18.0. The topological polar surface area (TPSA) is 68.8 Å². The average molecular weight is 337 g/mol. The van der Waals surface area contributed by atoms with Gasteiger partial charge in [0, 0.05) is 24.9 Å². The highest BCUT2D eigenvalue weighted by molar-refractivity contribution is 5.85. The molecule has 128 valence electrons. The number of hydrogen-bond acceptors (Lipinski definition) is 4. The van der Waals surface area contributed by atoms with Crippen molar-refractivity contribution in [3.8, 4) is 17.2 Å². The van der Waals surface area contributed by atoms with Crippen molar-refractivity contribution in [3.63, 3.8) is 0 Å². The second-order valence-electron chi connectivity index (χ2n) is 5.59. The van der Waals surface area contributed by atoms with Crippen LogP contribution in [0.4, 0.5) is 5.69 Å². The van der Waals surface area contributed by atoms with Crippen LogP contribution < -0.4 is 10.3 Å². The van der Waals surface area contributed by atoms with Crippen LogP contribution >= 0.6 is 0 Å². The molecule has 0 aliphatic heterocycles. The molecule has 0 atom stereocenters. The van der Waals surface area contributed by atoms with Crippen molar-refractivity contribution in [2.24, 2.45) is 12.0 Å². The predicted octanol–water partition coefficient (Wildman–Crippen LogP) is 2.95. The van der Waals surface area contributed by atoms with Crippen LogP contribution in [0.3, 0.4) is 0 Å². The first-order valence-corrected chi connectivity index (χ1v) is 7.78. The Morgan fingerprint density at radius 2 is 1.88 bits per heavy atom. The molecule has 0 saturated heterocycles. The van der Waals surface area contributed by atoms with Gasteiger partial charge < -0.3 is 9.84 Å². The molecule has 1 N–H and O–H groups in total. The second kappa shape index (κ2) is 6.68. The highest BCUT2D eigenvalue weighted by Gasteiger charge is 2.15. The maximum absolute atomic E-state index is 12.8. The fraction of sp³-hybridized carbons (Fsp3) is 0.158. The van der Waals surface area contributed by atoms with Crippen LogP contribution in [0.25, 0.3) is 5.69 Å². The maximum atomic E-state index is 12.8. The summed E-state index contributed by atoms with van der Waals surface area (Å²) in [6.45, 7) is 1.83. The van der Waals surface area contributed by atoms with Crippen molar-refractivity contribution in [1.29, 1.82) is 0 Å². The van der Waals surface area contributed by atoms with Gasteiger partial charge in [0.05, 0.1) is 18.5 Å². The fourth-order valence-corrected chi connectivity index (χ4v) is 2.60. The van der Waals surface area contributed by atoms with E-state index in [2.05, 4.69) is 4.99 Å². The van der Waals surface area contributed by atoms with Crippen molar-refractivity contribution in [1.82, 2.24) is 9.36 Å². The third-order valence-corrected chi connectivity index (χ3v) is 4.09. The molecule has 6 nitrogen and oxygen atoms in total. The van der Waals surface area contributed by atoms with Crippen LogP contribution in [-0.2, 0) is 7.05 Å². The fourth-order valence-electron chi connectivity index (χ4n) is 2.60. The molecular weight excluding hydrogens is 318 g/mol. The SMILES string of the molecule is COc1ccc(C=Nc2c(C)n(C)n(-c3ccccc3)c2=O)c(O)c1. The van der Waals surface area contributed by atoms with Gasteiger partial charge in [0.25, 0.3) is 5.56 Å². The number of hydrogen-bond donors (Lipinski definition) is 1. The summed E-state index contributed by atoms with van der Waals surface area (Å²) in [5.74, 6) is 0.594.